The number of amides is 1. The fourth-order valence-corrected chi connectivity index (χ4v) is 3.66. The van der Waals surface area contributed by atoms with Crippen molar-refractivity contribution in [2.45, 2.75) is 13.5 Å². The first-order chi connectivity index (χ1) is 15.0. The van der Waals surface area contributed by atoms with Crippen LogP contribution in [0.3, 0.4) is 0 Å². The van der Waals surface area contributed by atoms with Crippen molar-refractivity contribution in [1.29, 1.82) is 0 Å². The summed E-state index contributed by atoms with van der Waals surface area (Å²) in [6, 6.07) is 13.8. The summed E-state index contributed by atoms with van der Waals surface area (Å²) in [4.78, 5) is 17.1. The zero-order chi connectivity index (χ0) is 22.0. The van der Waals surface area contributed by atoms with Crippen molar-refractivity contribution in [3.8, 4) is 11.5 Å². The number of nitrogens with zero attached hydrogens (tertiary/aromatic N) is 2. The lowest BCUT2D eigenvalue weighted by molar-refractivity contribution is 0.102. The van der Waals surface area contributed by atoms with Gasteiger partial charge in [0.25, 0.3) is 5.91 Å². The molecule has 0 radical (unpaired) electrons. The standard InChI is InChI=1S/C23H19Cl2N3O3/c1-14-12-28-11-3-4-20(22(28)26-14)31-13-17-18(24)9-10-19(21(17)25)27-23(29)15-5-7-16(30-2)8-6-15/h3-12H,13H2,1-2H3,(H,27,29). The number of aryl methyl sites for hydroxylation is 1. The number of methoxy groups -OCH3 is 1. The monoisotopic (exact) mass is 455 g/mol. The highest BCUT2D eigenvalue weighted by Gasteiger charge is 2.16. The van der Waals surface area contributed by atoms with Gasteiger partial charge in [0.1, 0.15) is 12.4 Å². The number of anilines is 1. The highest BCUT2D eigenvalue weighted by molar-refractivity contribution is 6.38. The van der Waals surface area contributed by atoms with Crippen LogP contribution in [-0.4, -0.2) is 22.4 Å². The summed E-state index contributed by atoms with van der Waals surface area (Å²) >= 11 is 12.9. The van der Waals surface area contributed by atoms with Crippen molar-refractivity contribution in [2.75, 3.05) is 12.4 Å². The number of nitrogens with one attached hydrogen (secondary N) is 1. The minimum atomic E-state index is -0.295. The van der Waals surface area contributed by atoms with Gasteiger partial charge in [-0.2, -0.15) is 0 Å². The van der Waals surface area contributed by atoms with E-state index in [4.69, 9.17) is 32.7 Å². The fourth-order valence-electron chi connectivity index (χ4n) is 3.14. The third-order valence-electron chi connectivity index (χ3n) is 4.73. The van der Waals surface area contributed by atoms with Gasteiger partial charge in [-0.3, -0.25) is 4.79 Å². The Kier molecular flexibility index (Phi) is 6.02. The van der Waals surface area contributed by atoms with Gasteiger partial charge in [-0.05, 0) is 55.5 Å². The molecule has 0 aliphatic rings. The normalized spacial score (nSPS) is 10.8. The molecular weight excluding hydrogens is 437 g/mol. The second kappa shape index (κ2) is 8.88. The van der Waals surface area contributed by atoms with Crippen LogP contribution in [0.1, 0.15) is 21.6 Å². The minimum absolute atomic E-state index is 0.121. The van der Waals surface area contributed by atoms with Crippen LogP contribution < -0.4 is 14.8 Å². The fraction of sp³-hybridized carbons (Fsp3) is 0.130. The predicted molar refractivity (Wildman–Crippen MR) is 122 cm³/mol. The number of benzene rings is 2. The summed E-state index contributed by atoms with van der Waals surface area (Å²) in [7, 11) is 1.57. The number of fused-ring (bicyclic) bond motifs is 1. The summed E-state index contributed by atoms with van der Waals surface area (Å²) < 4.78 is 13.0. The van der Waals surface area contributed by atoms with Gasteiger partial charge < -0.3 is 19.2 Å². The van der Waals surface area contributed by atoms with Crippen LogP contribution in [0.2, 0.25) is 10.0 Å². The number of halogens is 2. The first-order valence-corrected chi connectivity index (χ1v) is 10.2. The number of carbonyl (C=O) groups is 1. The second-order valence-corrected chi connectivity index (χ2v) is 7.63. The van der Waals surface area contributed by atoms with Crippen molar-refractivity contribution in [3.05, 3.63) is 87.8 Å². The Labute approximate surface area is 189 Å². The number of hydrogen-bond donors (Lipinski definition) is 1. The van der Waals surface area contributed by atoms with E-state index in [1.54, 1.807) is 43.5 Å². The van der Waals surface area contributed by atoms with E-state index in [1.165, 1.54) is 0 Å². The molecule has 31 heavy (non-hydrogen) atoms. The Hall–Kier alpha value is -3.22. The number of ether oxygens (including phenoxy) is 2. The van der Waals surface area contributed by atoms with Crippen molar-refractivity contribution in [2.24, 2.45) is 0 Å². The third kappa shape index (κ3) is 4.45. The Bertz CT molecular complexity index is 1250. The molecule has 0 saturated carbocycles. The van der Waals surface area contributed by atoms with Crippen LogP contribution in [0.5, 0.6) is 11.5 Å². The molecule has 0 unspecified atom stereocenters. The number of aromatic nitrogens is 2. The topological polar surface area (TPSA) is 64.9 Å². The molecule has 0 saturated heterocycles. The van der Waals surface area contributed by atoms with Crippen LogP contribution in [0.4, 0.5) is 5.69 Å². The van der Waals surface area contributed by atoms with Crippen LogP contribution >= 0.6 is 23.2 Å². The Morgan fingerprint density at radius 2 is 1.90 bits per heavy atom. The van der Waals surface area contributed by atoms with Crippen molar-refractivity contribution in [3.63, 3.8) is 0 Å². The predicted octanol–water partition coefficient (Wildman–Crippen LogP) is 5.79. The molecule has 0 fully saturated rings. The molecule has 0 spiro atoms. The molecule has 0 aliphatic carbocycles. The van der Waals surface area contributed by atoms with Crippen LogP contribution in [0, 0.1) is 6.92 Å². The number of hydrogen-bond acceptors (Lipinski definition) is 4. The van der Waals surface area contributed by atoms with E-state index in [0.29, 0.717) is 44.0 Å². The summed E-state index contributed by atoms with van der Waals surface area (Å²) in [5.41, 5.74) is 3.08. The van der Waals surface area contributed by atoms with Crippen LogP contribution in [-0.2, 0) is 6.61 Å². The maximum absolute atomic E-state index is 12.6. The molecule has 0 atom stereocenters. The smallest absolute Gasteiger partial charge is 0.255 e. The van der Waals surface area contributed by atoms with Crippen LogP contribution in [0.15, 0.2) is 60.9 Å². The maximum Gasteiger partial charge on any atom is 0.255 e. The zero-order valence-electron chi connectivity index (χ0n) is 16.9. The van der Waals surface area contributed by atoms with Gasteiger partial charge in [0, 0.05) is 28.5 Å². The van der Waals surface area contributed by atoms with Crippen molar-refractivity contribution >= 4 is 40.4 Å². The molecule has 2 aromatic heterocycles. The molecule has 1 amide bonds. The van der Waals surface area contributed by atoms with Crippen molar-refractivity contribution < 1.29 is 14.3 Å². The molecule has 4 rings (SSSR count). The summed E-state index contributed by atoms with van der Waals surface area (Å²) in [5.74, 6) is 0.981. The molecule has 2 aromatic carbocycles. The van der Waals surface area contributed by atoms with E-state index in [2.05, 4.69) is 10.3 Å². The first kappa shape index (κ1) is 21.0. The number of rotatable bonds is 6. The molecule has 8 heteroatoms. The minimum Gasteiger partial charge on any atom is -0.497 e. The molecule has 0 bridgehead atoms. The highest BCUT2D eigenvalue weighted by Crippen LogP contribution is 2.33. The molecule has 1 N–H and O–H groups in total. The van der Waals surface area contributed by atoms with E-state index >= 15 is 0 Å². The third-order valence-corrected chi connectivity index (χ3v) is 5.51. The van der Waals surface area contributed by atoms with E-state index in [1.807, 2.05) is 35.9 Å². The lowest BCUT2D eigenvalue weighted by Gasteiger charge is -2.14. The lowest BCUT2D eigenvalue weighted by atomic mass is 10.1. The second-order valence-electron chi connectivity index (χ2n) is 6.84. The number of imidazole rings is 1. The average molecular weight is 456 g/mol. The maximum atomic E-state index is 12.6. The van der Waals surface area contributed by atoms with E-state index < -0.39 is 0 Å². The molecular formula is C23H19Cl2N3O3. The van der Waals surface area contributed by atoms with Gasteiger partial charge in [-0.1, -0.05) is 23.2 Å². The van der Waals surface area contributed by atoms with Crippen LogP contribution in [0.25, 0.3) is 5.65 Å². The molecule has 4 aromatic rings. The van der Waals surface area contributed by atoms with Gasteiger partial charge in [0.05, 0.1) is 23.5 Å². The Morgan fingerprint density at radius 3 is 2.65 bits per heavy atom. The van der Waals surface area contributed by atoms with E-state index in [-0.39, 0.29) is 12.5 Å². The largest absolute Gasteiger partial charge is 0.497 e. The summed E-state index contributed by atoms with van der Waals surface area (Å²) in [6.07, 6.45) is 3.81. The Balaban J connectivity index is 1.54. The summed E-state index contributed by atoms with van der Waals surface area (Å²) in [6.45, 7) is 2.04. The number of pyridine rings is 1. The highest BCUT2D eigenvalue weighted by atomic mass is 35.5. The van der Waals surface area contributed by atoms with Gasteiger partial charge in [-0.25, -0.2) is 4.98 Å². The van der Waals surface area contributed by atoms with Crippen molar-refractivity contribution in [1.82, 2.24) is 9.38 Å². The molecule has 0 aliphatic heterocycles. The first-order valence-electron chi connectivity index (χ1n) is 9.45. The molecule has 6 nitrogen and oxygen atoms in total. The number of carbonyl (C=O) groups excluding carboxylic acids is 1. The SMILES string of the molecule is COc1ccc(C(=O)Nc2ccc(Cl)c(COc3cccn4cc(C)nc34)c2Cl)cc1. The van der Waals surface area contributed by atoms with E-state index in [0.717, 1.165) is 5.69 Å². The average Bonchev–Trinajstić information content (AvgIpc) is 3.16. The quantitative estimate of drug-likeness (QED) is 0.399. The van der Waals surface area contributed by atoms with Gasteiger partial charge >= 0.3 is 0 Å². The zero-order valence-corrected chi connectivity index (χ0v) is 18.4. The summed E-state index contributed by atoms with van der Waals surface area (Å²) in [5, 5.41) is 3.58. The van der Waals surface area contributed by atoms with Gasteiger partial charge in [0.2, 0.25) is 0 Å². The van der Waals surface area contributed by atoms with Gasteiger partial charge in [-0.15, -0.1) is 0 Å². The molecule has 158 valence electrons. The Morgan fingerprint density at radius 1 is 1.13 bits per heavy atom. The van der Waals surface area contributed by atoms with E-state index in [9.17, 15) is 4.79 Å². The van der Waals surface area contributed by atoms with Gasteiger partial charge in [0.15, 0.2) is 11.4 Å². The molecule has 2 heterocycles. The lowest BCUT2D eigenvalue weighted by Crippen LogP contribution is -2.13.